The van der Waals surface area contributed by atoms with Crippen LogP contribution in [0, 0.1) is 5.82 Å². The molecule has 4 aromatic rings. The third-order valence-corrected chi connectivity index (χ3v) is 4.95. The van der Waals surface area contributed by atoms with Crippen LogP contribution in [-0.2, 0) is 10.0 Å². The van der Waals surface area contributed by atoms with Crippen molar-refractivity contribution in [3.05, 3.63) is 78.6 Å². The standard InChI is InChI=1S/C20H14FN3O4S/c21-15-5-9-17(10-6-15)27-16-7-1-13(2-8-16)19-23-20(28-24-19)14-3-11-18(12-4-14)29(22,25)26/h1-12H,(H2,22,25,26). The molecule has 1 aromatic heterocycles. The van der Waals surface area contributed by atoms with Gasteiger partial charge in [0.15, 0.2) is 0 Å². The molecule has 0 atom stereocenters. The number of rotatable bonds is 5. The lowest BCUT2D eigenvalue weighted by molar-refractivity contribution is 0.432. The van der Waals surface area contributed by atoms with E-state index >= 15 is 0 Å². The molecule has 0 aliphatic rings. The van der Waals surface area contributed by atoms with E-state index in [0.29, 0.717) is 28.5 Å². The average molecular weight is 411 g/mol. The summed E-state index contributed by atoms with van der Waals surface area (Å²) < 4.78 is 46.5. The van der Waals surface area contributed by atoms with Crippen LogP contribution in [0.4, 0.5) is 4.39 Å². The summed E-state index contributed by atoms with van der Waals surface area (Å²) in [6.45, 7) is 0. The molecule has 29 heavy (non-hydrogen) atoms. The van der Waals surface area contributed by atoms with Gasteiger partial charge in [-0.3, -0.25) is 0 Å². The van der Waals surface area contributed by atoms with Crippen molar-refractivity contribution in [1.82, 2.24) is 10.1 Å². The van der Waals surface area contributed by atoms with Gasteiger partial charge in [0.2, 0.25) is 15.8 Å². The Labute approximate surface area is 165 Å². The third kappa shape index (κ3) is 4.31. The number of hydrogen-bond acceptors (Lipinski definition) is 6. The first-order chi connectivity index (χ1) is 13.9. The molecule has 1 heterocycles. The molecule has 3 aromatic carbocycles. The Morgan fingerprint density at radius 1 is 0.828 bits per heavy atom. The summed E-state index contributed by atoms with van der Waals surface area (Å²) in [6, 6.07) is 18.5. The molecule has 9 heteroatoms. The van der Waals surface area contributed by atoms with Crippen molar-refractivity contribution in [2.75, 3.05) is 0 Å². The van der Waals surface area contributed by atoms with Crippen LogP contribution in [0.15, 0.2) is 82.2 Å². The van der Waals surface area contributed by atoms with Crippen molar-refractivity contribution in [2.45, 2.75) is 4.90 Å². The normalized spacial score (nSPS) is 11.4. The van der Waals surface area contributed by atoms with E-state index in [2.05, 4.69) is 10.1 Å². The molecule has 0 fully saturated rings. The number of aromatic nitrogens is 2. The van der Waals surface area contributed by atoms with Gasteiger partial charge in [0.1, 0.15) is 17.3 Å². The molecule has 0 bridgehead atoms. The van der Waals surface area contributed by atoms with Gasteiger partial charge in [-0.2, -0.15) is 4.98 Å². The minimum Gasteiger partial charge on any atom is -0.457 e. The van der Waals surface area contributed by atoms with Crippen LogP contribution in [0.2, 0.25) is 0 Å². The second kappa shape index (κ2) is 7.46. The summed E-state index contributed by atoms with van der Waals surface area (Å²) in [5.74, 6) is 1.36. The van der Waals surface area contributed by atoms with E-state index in [1.165, 1.54) is 48.5 Å². The van der Waals surface area contributed by atoms with Gasteiger partial charge in [-0.25, -0.2) is 17.9 Å². The highest BCUT2D eigenvalue weighted by molar-refractivity contribution is 7.89. The molecule has 0 spiro atoms. The highest BCUT2D eigenvalue weighted by atomic mass is 32.2. The van der Waals surface area contributed by atoms with Gasteiger partial charge in [-0.15, -0.1) is 0 Å². The number of hydrogen-bond donors (Lipinski definition) is 1. The number of ether oxygens (including phenoxy) is 1. The quantitative estimate of drug-likeness (QED) is 0.532. The van der Waals surface area contributed by atoms with E-state index in [1.807, 2.05) is 0 Å². The molecule has 0 amide bonds. The molecule has 0 unspecified atom stereocenters. The zero-order chi connectivity index (χ0) is 20.4. The van der Waals surface area contributed by atoms with Crippen LogP contribution in [0.25, 0.3) is 22.8 Å². The Kier molecular flexibility index (Phi) is 4.83. The summed E-state index contributed by atoms with van der Waals surface area (Å²) in [5.41, 5.74) is 1.26. The van der Waals surface area contributed by atoms with Crippen molar-refractivity contribution in [2.24, 2.45) is 5.14 Å². The number of benzene rings is 3. The molecular weight excluding hydrogens is 397 g/mol. The molecule has 0 radical (unpaired) electrons. The van der Waals surface area contributed by atoms with E-state index in [1.54, 1.807) is 24.3 Å². The molecule has 0 aliphatic carbocycles. The Balaban J connectivity index is 1.51. The van der Waals surface area contributed by atoms with Crippen LogP contribution < -0.4 is 9.88 Å². The van der Waals surface area contributed by atoms with E-state index in [4.69, 9.17) is 14.4 Å². The number of nitrogens with two attached hydrogens (primary N) is 1. The van der Waals surface area contributed by atoms with Gasteiger partial charge in [0.05, 0.1) is 4.90 Å². The van der Waals surface area contributed by atoms with Gasteiger partial charge in [0.25, 0.3) is 5.89 Å². The second-order valence-electron chi connectivity index (χ2n) is 6.07. The summed E-state index contributed by atoms with van der Waals surface area (Å²) in [4.78, 5) is 4.32. The fourth-order valence-electron chi connectivity index (χ4n) is 2.56. The van der Waals surface area contributed by atoms with Crippen molar-refractivity contribution in [3.63, 3.8) is 0 Å². The summed E-state index contributed by atoms with van der Waals surface area (Å²) in [5, 5.41) is 9.03. The van der Waals surface area contributed by atoms with Crippen molar-refractivity contribution >= 4 is 10.0 Å². The van der Waals surface area contributed by atoms with Crippen LogP contribution in [0.3, 0.4) is 0 Å². The lowest BCUT2D eigenvalue weighted by atomic mass is 10.2. The fraction of sp³-hybridized carbons (Fsp3) is 0. The van der Waals surface area contributed by atoms with Gasteiger partial charge in [-0.1, -0.05) is 5.16 Å². The molecule has 0 saturated heterocycles. The maximum atomic E-state index is 13.0. The van der Waals surface area contributed by atoms with Crippen LogP contribution in [0.5, 0.6) is 11.5 Å². The summed E-state index contributed by atoms with van der Waals surface area (Å²) in [6.07, 6.45) is 0. The Hall–Kier alpha value is -3.56. The van der Waals surface area contributed by atoms with Crippen molar-refractivity contribution in [3.8, 4) is 34.3 Å². The minimum atomic E-state index is -3.77. The number of sulfonamides is 1. The Bertz CT molecular complexity index is 1240. The highest BCUT2D eigenvalue weighted by Gasteiger charge is 2.13. The van der Waals surface area contributed by atoms with Gasteiger partial charge >= 0.3 is 0 Å². The second-order valence-corrected chi connectivity index (χ2v) is 7.63. The predicted molar refractivity (Wildman–Crippen MR) is 103 cm³/mol. The van der Waals surface area contributed by atoms with Crippen LogP contribution in [-0.4, -0.2) is 18.6 Å². The smallest absolute Gasteiger partial charge is 0.258 e. The Morgan fingerprint density at radius 3 is 1.97 bits per heavy atom. The van der Waals surface area contributed by atoms with E-state index in [-0.39, 0.29) is 16.6 Å². The molecule has 2 N–H and O–H groups in total. The van der Waals surface area contributed by atoms with E-state index in [9.17, 15) is 12.8 Å². The maximum absolute atomic E-state index is 13.0. The third-order valence-electron chi connectivity index (χ3n) is 4.02. The van der Waals surface area contributed by atoms with E-state index < -0.39 is 10.0 Å². The molecule has 146 valence electrons. The first kappa shape index (κ1) is 18.8. The SMILES string of the molecule is NS(=O)(=O)c1ccc(-c2nc(-c3ccc(Oc4ccc(F)cc4)cc3)no2)cc1. The maximum Gasteiger partial charge on any atom is 0.258 e. The Morgan fingerprint density at radius 2 is 1.38 bits per heavy atom. The van der Waals surface area contributed by atoms with Crippen molar-refractivity contribution < 1.29 is 22.1 Å². The number of primary sulfonamides is 1. The molecule has 4 rings (SSSR count). The van der Waals surface area contributed by atoms with Crippen molar-refractivity contribution in [1.29, 1.82) is 0 Å². The summed E-state index contributed by atoms with van der Waals surface area (Å²) in [7, 11) is -3.77. The van der Waals surface area contributed by atoms with Crippen LogP contribution >= 0.6 is 0 Å². The van der Waals surface area contributed by atoms with E-state index in [0.717, 1.165) is 0 Å². The van der Waals surface area contributed by atoms with Gasteiger partial charge < -0.3 is 9.26 Å². The number of halogens is 1. The monoisotopic (exact) mass is 411 g/mol. The predicted octanol–water partition coefficient (Wildman–Crippen LogP) is 3.98. The average Bonchev–Trinajstić information content (AvgIpc) is 3.20. The first-order valence-corrected chi connectivity index (χ1v) is 9.94. The fourth-order valence-corrected chi connectivity index (χ4v) is 3.07. The van der Waals surface area contributed by atoms with Gasteiger partial charge in [0, 0.05) is 11.1 Å². The lowest BCUT2D eigenvalue weighted by Gasteiger charge is -2.05. The molecule has 7 nitrogen and oxygen atoms in total. The number of nitrogens with zero attached hydrogens (tertiary/aromatic N) is 2. The largest absolute Gasteiger partial charge is 0.457 e. The van der Waals surface area contributed by atoms with Crippen LogP contribution in [0.1, 0.15) is 0 Å². The lowest BCUT2D eigenvalue weighted by Crippen LogP contribution is -2.11. The molecule has 0 saturated carbocycles. The van der Waals surface area contributed by atoms with Gasteiger partial charge in [-0.05, 0) is 72.8 Å². The zero-order valence-corrected chi connectivity index (χ0v) is 15.6. The molecular formula is C20H14FN3O4S. The highest BCUT2D eigenvalue weighted by Crippen LogP contribution is 2.27. The topological polar surface area (TPSA) is 108 Å². The summed E-state index contributed by atoms with van der Waals surface area (Å²) >= 11 is 0. The zero-order valence-electron chi connectivity index (χ0n) is 14.8. The molecule has 0 aliphatic heterocycles. The minimum absolute atomic E-state index is 0.00210. The first-order valence-electron chi connectivity index (χ1n) is 8.39.